The second kappa shape index (κ2) is 6.62. The minimum atomic E-state index is 0.529. The van der Waals surface area contributed by atoms with E-state index in [9.17, 15) is 0 Å². The first-order valence-electron chi connectivity index (χ1n) is 7.66. The standard InChI is InChI=1S/C15H30N2S/c1-4-17(10-13-7-5-6-8-16-13)14-9-15(2,3)12-18-11-14/h13-14,16H,4-12H2,1-3H3. The van der Waals surface area contributed by atoms with E-state index in [1.54, 1.807) is 0 Å². The third kappa shape index (κ3) is 4.14. The fourth-order valence-corrected chi connectivity index (χ4v) is 4.75. The number of likely N-dealkylation sites (N-methyl/N-ethyl adjacent to an activating group) is 1. The molecule has 18 heavy (non-hydrogen) atoms. The minimum Gasteiger partial charge on any atom is -0.313 e. The van der Waals surface area contributed by atoms with Gasteiger partial charge in [0, 0.05) is 24.4 Å². The van der Waals surface area contributed by atoms with Crippen molar-refractivity contribution in [1.82, 2.24) is 10.2 Å². The fraction of sp³-hybridized carbons (Fsp3) is 1.00. The lowest BCUT2D eigenvalue weighted by Gasteiger charge is -2.42. The summed E-state index contributed by atoms with van der Waals surface area (Å²) in [5.41, 5.74) is 0.529. The summed E-state index contributed by atoms with van der Waals surface area (Å²) >= 11 is 2.15. The number of thioether (sulfide) groups is 1. The molecule has 0 aliphatic carbocycles. The van der Waals surface area contributed by atoms with Crippen LogP contribution in [0.25, 0.3) is 0 Å². The van der Waals surface area contributed by atoms with Crippen molar-refractivity contribution in [2.24, 2.45) is 5.41 Å². The van der Waals surface area contributed by atoms with Crippen LogP contribution in [0.4, 0.5) is 0 Å². The summed E-state index contributed by atoms with van der Waals surface area (Å²) in [4.78, 5) is 2.73. The Balaban J connectivity index is 1.86. The van der Waals surface area contributed by atoms with Crippen LogP contribution in [0.3, 0.4) is 0 Å². The van der Waals surface area contributed by atoms with Crippen LogP contribution in [0, 0.1) is 5.41 Å². The normalized spacial score (nSPS) is 32.7. The van der Waals surface area contributed by atoms with Crippen molar-refractivity contribution in [2.75, 3.05) is 31.1 Å². The molecular weight excluding hydrogens is 240 g/mol. The Morgan fingerprint density at radius 3 is 2.78 bits per heavy atom. The Hall–Kier alpha value is 0.270. The molecule has 0 spiro atoms. The van der Waals surface area contributed by atoms with E-state index < -0.39 is 0 Å². The van der Waals surface area contributed by atoms with Crippen molar-refractivity contribution in [1.29, 1.82) is 0 Å². The topological polar surface area (TPSA) is 15.3 Å². The monoisotopic (exact) mass is 270 g/mol. The van der Waals surface area contributed by atoms with Crippen LogP contribution in [-0.2, 0) is 0 Å². The van der Waals surface area contributed by atoms with Gasteiger partial charge in [-0.05, 0) is 43.5 Å². The highest BCUT2D eigenvalue weighted by atomic mass is 32.2. The van der Waals surface area contributed by atoms with Gasteiger partial charge < -0.3 is 5.32 Å². The molecule has 1 N–H and O–H groups in total. The fourth-order valence-electron chi connectivity index (χ4n) is 3.36. The number of hydrogen-bond acceptors (Lipinski definition) is 3. The minimum absolute atomic E-state index is 0.529. The van der Waals surface area contributed by atoms with Gasteiger partial charge in [0.1, 0.15) is 0 Å². The number of hydrogen-bond donors (Lipinski definition) is 1. The zero-order chi connectivity index (χ0) is 13.0. The molecule has 2 nitrogen and oxygen atoms in total. The molecule has 3 heteroatoms. The Morgan fingerprint density at radius 1 is 1.33 bits per heavy atom. The van der Waals surface area contributed by atoms with Gasteiger partial charge in [0.05, 0.1) is 0 Å². The molecule has 0 amide bonds. The van der Waals surface area contributed by atoms with Crippen molar-refractivity contribution in [3.63, 3.8) is 0 Å². The van der Waals surface area contributed by atoms with Crippen LogP contribution in [0.1, 0.15) is 46.5 Å². The zero-order valence-corrected chi connectivity index (χ0v) is 13.2. The van der Waals surface area contributed by atoms with Crippen LogP contribution in [0.5, 0.6) is 0 Å². The molecule has 0 bridgehead atoms. The maximum absolute atomic E-state index is 3.70. The molecule has 2 aliphatic rings. The maximum Gasteiger partial charge on any atom is 0.0195 e. The molecule has 0 aromatic heterocycles. The highest BCUT2D eigenvalue weighted by molar-refractivity contribution is 7.99. The van der Waals surface area contributed by atoms with Gasteiger partial charge in [0.15, 0.2) is 0 Å². The summed E-state index contributed by atoms with van der Waals surface area (Å²) < 4.78 is 0. The van der Waals surface area contributed by atoms with E-state index in [1.807, 2.05) is 0 Å². The lowest BCUT2D eigenvalue weighted by Crippen LogP contribution is -2.50. The largest absolute Gasteiger partial charge is 0.313 e. The molecule has 2 unspecified atom stereocenters. The number of nitrogens with zero attached hydrogens (tertiary/aromatic N) is 1. The Bertz CT molecular complexity index is 249. The summed E-state index contributed by atoms with van der Waals surface area (Å²) in [6.07, 6.45) is 5.54. The van der Waals surface area contributed by atoms with E-state index in [-0.39, 0.29) is 0 Å². The second-order valence-corrected chi connectivity index (χ2v) is 7.80. The SMILES string of the molecule is CCN(CC1CCCCN1)C1CSCC(C)(C)C1. The van der Waals surface area contributed by atoms with E-state index in [0.717, 1.165) is 12.1 Å². The van der Waals surface area contributed by atoms with Crippen molar-refractivity contribution in [3.8, 4) is 0 Å². The van der Waals surface area contributed by atoms with Gasteiger partial charge >= 0.3 is 0 Å². The smallest absolute Gasteiger partial charge is 0.0195 e. The third-order valence-corrected chi connectivity index (χ3v) is 5.99. The van der Waals surface area contributed by atoms with Crippen LogP contribution in [-0.4, -0.2) is 48.1 Å². The molecular formula is C15H30N2S. The molecule has 0 radical (unpaired) electrons. The van der Waals surface area contributed by atoms with E-state index in [2.05, 4.69) is 42.7 Å². The van der Waals surface area contributed by atoms with Crippen molar-refractivity contribution in [2.45, 2.75) is 58.5 Å². The molecule has 2 rings (SSSR count). The van der Waals surface area contributed by atoms with E-state index in [1.165, 1.54) is 56.8 Å². The first-order valence-corrected chi connectivity index (χ1v) is 8.81. The van der Waals surface area contributed by atoms with Crippen LogP contribution in [0.2, 0.25) is 0 Å². The number of rotatable bonds is 4. The van der Waals surface area contributed by atoms with E-state index >= 15 is 0 Å². The molecule has 2 aliphatic heterocycles. The van der Waals surface area contributed by atoms with E-state index in [4.69, 9.17) is 0 Å². The van der Waals surface area contributed by atoms with Crippen LogP contribution < -0.4 is 5.32 Å². The highest BCUT2D eigenvalue weighted by Gasteiger charge is 2.32. The summed E-state index contributed by atoms with van der Waals surface area (Å²) in [6, 6.07) is 1.54. The lowest BCUT2D eigenvalue weighted by atomic mass is 9.87. The first kappa shape index (κ1) is 14.7. The predicted molar refractivity (Wildman–Crippen MR) is 82.4 cm³/mol. The Morgan fingerprint density at radius 2 is 2.17 bits per heavy atom. The van der Waals surface area contributed by atoms with Gasteiger partial charge in [-0.3, -0.25) is 4.90 Å². The van der Waals surface area contributed by atoms with Crippen molar-refractivity contribution >= 4 is 11.8 Å². The molecule has 0 saturated carbocycles. The second-order valence-electron chi connectivity index (χ2n) is 6.77. The van der Waals surface area contributed by atoms with Crippen molar-refractivity contribution in [3.05, 3.63) is 0 Å². The summed E-state index contributed by atoms with van der Waals surface area (Å²) in [5, 5.41) is 3.70. The van der Waals surface area contributed by atoms with Gasteiger partial charge in [-0.2, -0.15) is 11.8 Å². The number of piperidine rings is 1. The molecule has 0 aromatic carbocycles. The average molecular weight is 270 g/mol. The van der Waals surface area contributed by atoms with Gasteiger partial charge in [0.25, 0.3) is 0 Å². The van der Waals surface area contributed by atoms with Gasteiger partial charge in [0.2, 0.25) is 0 Å². The average Bonchev–Trinajstić information content (AvgIpc) is 2.36. The summed E-state index contributed by atoms with van der Waals surface area (Å²) in [6.45, 7) is 10.9. The van der Waals surface area contributed by atoms with Gasteiger partial charge in [-0.15, -0.1) is 0 Å². The van der Waals surface area contributed by atoms with E-state index in [0.29, 0.717) is 5.41 Å². The third-order valence-electron chi connectivity index (χ3n) is 4.38. The molecule has 2 saturated heterocycles. The molecule has 2 fully saturated rings. The highest BCUT2D eigenvalue weighted by Crippen LogP contribution is 2.35. The number of nitrogens with one attached hydrogen (secondary N) is 1. The Kier molecular flexibility index (Phi) is 5.40. The van der Waals surface area contributed by atoms with Gasteiger partial charge in [-0.1, -0.05) is 27.2 Å². The maximum atomic E-state index is 3.70. The molecule has 2 atom stereocenters. The summed E-state index contributed by atoms with van der Waals surface area (Å²) in [7, 11) is 0. The first-order chi connectivity index (χ1) is 8.61. The van der Waals surface area contributed by atoms with Gasteiger partial charge in [-0.25, -0.2) is 0 Å². The van der Waals surface area contributed by atoms with Crippen LogP contribution >= 0.6 is 11.8 Å². The van der Waals surface area contributed by atoms with Crippen molar-refractivity contribution < 1.29 is 0 Å². The predicted octanol–water partition coefficient (Wildman–Crippen LogP) is 2.98. The lowest BCUT2D eigenvalue weighted by molar-refractivity contribution is 0.145. The summed E-state index contributed by atoms with van der Waals surface area (Å²) in [5.74, 6) is 2.67. The zero-order valence-electron chi connectivity index (χ0n) is 12.4. The quantitative estimate of drug-likeness (QED) is 0.845. The molecule has 0 aromatic rings. The van der Waals surface area contributed by atoms with Crippen LogP contribution in [0.15, 0.2) is 0 Å². The molecule has 2 heterocycles. The molecule has 106 valence electrons. The Labute approximate surface area is 117 Å².